The second kappa shape index (κ2) is 8.46. The lowest BCUT2D eigenvalue weighted by Crippen LogP contribution is -2.33. The van der Waals surface area contributed by atoms with Crippen molar-refractivity contribution in [2.45, 2.75) is 31.6 Å². The van der Waals surface area contributed by atoms with Gasteiger partial charge < -0.3 is 10.6 Å². The zero-order valence-corrected chi connectivity index (χ0v) is 14.3. The van der Waals surface area contributed by atoms with E-state index in [-0.39, 0.29) is 12.4 Å². The molecule has 3 rings (SSSR count). The van der Waals surface area contributed by atoms with Crippen molar-refractivity contribution >= 4 is 28.9 Å². The van der Waals surface area contributed by atoms with Crippen molar-refractivity contribution in [2.75, 3.05) is 25.4 Å². The van der Waals surface area contributed by atoms with E-state index < -0.39 is 0 Å². The molecule has 1 fully saturated rings. The van der Waals surface area contributed by atoms with Crippen molar-refractivity contribution in [2.24, 2.45) is 0 Å². The second-order valence-electron chi connectivity index (χ2n) is 5.66. The van der Waals surface area contributed by atoms with E-state index >= 15 is 0 Å². The lowest BCUT2D eigenvalue weighted by Gasteiger charge is -2.32. The number of halogens is 1. The molecule has 2 aromatic rings. The van der Waals surface area contributed by atoms with Gasteiger partial charge in [-0.05, 0) is 50.4 Å². The summed E-state index contributed by atoms with van der Waals surface area (Å²) in [4.78, 5) is 2.57. The zero-order valence-electron chi connectivity index (χ0n) is 12.6. The zero-order chi connectivity index (χ0) is 14.5. The minimum Gasteiger partial charge on any atom is -0.374 e. The van der Waals surface area contributed by atoms with Crippen LogP contribution < -0.4 is 5.73 Å². The van der Waals surface area contributed by atoms with Crippen LogP contribution in [0.3, 0.4) is 0 Å². The Morgan fingerprint density at radius 1 is 1.14 bits per heavy atom. The molecular formula is C16H23ClN4S. The van der Waals surface area contributed by atoms with Gasteiger partial charge in [0.05, 0.1) is 0 Å². The lowest BCUT2D eigenvalue weighted by molar-refractivity contribution is 0.210. The van der Waals surface area contributed by atoms with Crippen LogP contribution in [0.25, 0.3) is 0 Å². The molecule has 0 bridgehead atoms. The summed E-state index contributed by atoms with van der Waals surface area (Å²) in [6.45, 7) is 3.57. The maximum Gasteiger partial charge on any atom is 0.203 e. The molecule has 0 spiro atoms. The van der Waals surface area contributed by atoms with Gasteiger partial charge >= 0.3 is 0 Å². The van der Waals surface area contributed by atoms with Gasteiger partial charge in [0, 0.05) is 6.42 Å². The molecule has 1 aliphatic heterocycles. The van der Waals surface area contributed by atoms with Gasteiger partial charge in [-0.1, -0.05) is 41.7 Å². The quantitative estimate of drug-likeness (QED) is 0.908. The van der Waals surface area contributed by atoms with Crippen LogP contribution in [0.5, 0.6) is 0 Å². The molecule has 2 N–H and O–H groups in total. The molecule has 0 atom stereocenters. The third kappa shape index (κ3) is 4.66. The largest absolute Gasteiger partial charge is 0.374 e. The number of benzene rings is 1. The normalized spacial score (nSPS) is 16.4. The number of hydrogen-bond acceptors (Lipinski definition) is 5. The van der Waals surface area contributed by atoms with Crippen molar-refractivity contribution in [3.63, 3.8) is 0 Å². The molecule has 1 aromatic heterocycles. The highest BCUT2D eigenvalue weighted by Gasteiger charge is 2.19. The Labute approximate surface area is 142 Å². The average Bonchev–Trinajstić information content (AvgIpc) is 2.94. The minimum atomic E-state index is 0. The monoisotopic (exact) mass is 338 g/mol. The highest BCUT2D eigenvalue weighted by atomic mass is 35.5. The number of nitrogens with zero attached hydrogens (tertiary/aromatic N) is 3. The Kier molecular flexibility index (Phi) is 6.61. The molecule has 0 aliphatic carbocycles. The number of rotatable bonds is 5. The van der Waals surface area contributed by atoms with Gasteiger partial charge in [-0.3, -0.25) is 0 Å². The number of likely N-dealkylation sites (tertiary alicyclic amines) is 1. The minimum absolute atomic E-state index is 0. The van der Waals surface area contributed by atoms with Crippen molar-refractivity contribution in [3.05, 3.63) is 40.9 Å². The van der Waals surface area contributed by atoms with Gasteiger partial charge in [0.1, 0.15) is 5.01 Å². The Morgan fingerprint density at radius 2 is 1.86 bits per heavy atom. The standard InChI is InChI=1S/C16H22N4S.ClH/c17-16-19-18-15(21-16)7-4-10-20-11-8-14(9-12-20)13-5-2-1-3-6-13;/h1-3,5-6,14H,4,7-12H2,(H2,17,19);1H. The molecule has 120 valence electrons. The van der Waals surface area contributed by atoms with E-state index in [1.54, 1.807) is 0 Å². The predicted octanol–water partition coefficient (Wildman–Crippen LogP) is 3.35. The maximum absolute atomic E-state index is 5.60. The van der Waals surface area contributed by atoms with Crippen LogP contribution in [-0.4, -0.2) is 34.7 Å². The van der Waals surface area contributed by atoms with E-state index in [2.05, 4.69) is 45.4 Å². The topological polar surface area (TPSA) is 55.0 Å². The van der Waals surface area contributed by atoms with Crippen LogP contribution in [0.4, 0.5) is 5.13 Å². The molecule has 22 heavy (non-hydrogen) atoms. The van der Waals surface area contributed by atoms with Crippen molar-refractivity contribution in [1.82, 2.24) is 15.1 Å². The molecular weight excluding hydrogens is 316 g/mol. The predicted molar refractivity (Wildman–Crippen MR) is 94.7 cm³/mol. The van der Waals surface area contributed by atoms with Gasteiger partial charge in [0.15, 0.2) is 0 Å². The molecule has 0 saturated carbocycles. The smallest absolute Gasteiger partial charge is 0.203 e. The van der Waals surface area contributed by atoms with Gasteiger partial charge in [-0.15, -0.1) is 22.6 Å². The summed E-state index contributed by atoms with van der Waals surface area (Å²) < 4.78 is 0. The molecule has 0 unspecified atom stereocenters. The third-order valence-corrected chi connectivity index (χ3v) is 5.02. The van der Waals surface area contributed by atoms with Crippen molar-refractivity contribution < 1.29 is 0 Å². The Morgan fingerprint density at radius 3 is 2.50 bits per heavy atom. The van der Waals surface area contributed by atoms with E-state index in [1.807, 2.05) is 0 Å². The number of aromatic nitrogens is 2. The molecule has 1 aromatic carbocycles. The fourth-order valence-corrected chi connectivity index (χ4v) is 3.69. The van der Waals surface area contributed by atoms with E-state index in [1.165, 1.54) is 42.8 Å². The third-order valence-electron chi connectivity index (χ3n) is 4.21. The summed E-state index contributed by atoms with van der Waals surface area (Å²) in [6, 6.07) is 10.9. The van der Waals surface area contributed by atoms with Crippen LogP contribution in [0.15, 0.2) is 30.3 Å². The van der Waals surface area contributed by atoms with Crippen LogP contribution in [0.2, 0.25) is 0 Å². The van der Waals surface area contributed by atoms with E-state index in [9.17, 15) is 0 Å². The number of nitrogen functional groups attached to an aromatic ring is 1. The van der Waals surface area contributed by atoms with E-state index in [0.717, 1.165) is 30.3 Å². The summed E-state index contributed by atoms with van der Waals surface area (Å²) in [5.41, 5.74) is 7.10. The average molecular weight is 339 g/mol. The molecule has 0 radical (unpaired) electrons. The van der Waals surface area contributed by atoms with Crippen molar-refractivity contribution in [1.29, 1.82) is 0 Å². The number of aryl methyl sites for hydroxylation is 1. The molecule has 1 saturated heterocycles. The van der Waals surface area contributed by atoms with Crippen LogP contribution in [-0.2, 0) is 6.42 Å². The summed E-state index contributed by atoms with van der Waals surface area (Å²) in [7, 11) is 0. The van der Waals surface area contributed by atoms with Crippen LogP contribution >= 0.6 is 23.7 Å². The lowest BCUT2D eigenvalue weighted by atomic mass is 9.89. The highest BCUT2D eigenvalue weighted by Crippen LogP contribution is 2.27. The molecule has 6 heteroatoms. The summed E-state index contributed by atoms with van der Waals surface area (Å²) in [5, 5.41) is 9.57. The second-order valence-corrected chi connectivity index (χ2v) is 6.76. The number of nitrogens with two attached hydrogens (primary N) is 1. The first-order valence-electron chi connectivity index (χ1n) is 7.66. The summed E-state index contributed by atoms with van der Waals surface area (Å²) in [6.07, 6.45) is 4.68. The SMILES string of the molecule is Cl.Nc1nnc(CCCN2CCC(c3ccccc3)CC2)s1. The van der Waals surface area contributed by atoms with Gasteiger partial charge in [0.25, 0.3) is 0 Å². The molecule has 1 aliphatic rings. The van der Waals surface area contributed by atoms with Crippen molar-refractivity contribution in [3.8, 4) is 0 Å². The van der Waals surface area contributed by atoms with Crippen LogP contribution in [0.1, 0.15) is 35.8 Å². The highest BCUT2D eigenvalue weighted by molar-refractivity contribution is 7.15. The molecule has 0 amide bonds. The first kappa shape index (κ1) is 17.2. The summed E-state index contributed by atoms with van der Waals surface area (Å²) in [5.74, 6) is 0.741. The van der Waals surface area contributed by atoms with E-state index in [4.69, 9.17) is 5.73 Å². The maximum atomic E-state index is 5.60. The van der Waals surface area contributed by atoms with Gasteiger partial charge in [-0.2, -0.15) is 0 Å². The molecule has 4 nitrogen and oxygen atoms in total. The first-order valence-corrected chi connectivity index (χ1v) is 8.48. The fraction of sp³-hybridized carbons (Fsp3) is 0.500. The number of anilines is 1. The first-order chi connectivity index (χ1) is 10.3. The Bertz CT molecular complexity index is 552. The Balaban J connectivity index is 0.00000176. The Hall–Kier alpha value is -1.17. The number of hydrogen-bond donors (Lipinski definition) is 1. The van der Waals surface area contributed by atoms with Crippen LogP contribution in [0, 0.1) is 0 Å². The number of piperidine rings is 1. The summed E-state index contributed by atoms with van der Waals surface area (Å²) >= 11 is 1.51. The van der Waals surface area contributed by atoms with E-state index in [0.29, 0.717) is 5.13 Å². The van der Waals surface area contributed by atoms with Gasteiger partial charge in [0.2, 0.25) is 5.13 Å². The fourth-order valence-electron chi connectivity index (χ4n) is 3.04. The van der Waals surface area contributed by atoms with Gasteiger partial charge in [-0.25, -0.2) is 0 Å². The molecule has 2 heterocycles.